The molecule has 0 radical (unpaired) electrons. The number of piperidine rings is 1. The average molecular weight is 351 g/mol. The number of rotatable bonds is 6. The number of sulfonamides is 1. The second-order valence-electron chi connectivity index (χ2n) is 7.32. The Labute approximate surface area is 146 Å². The molecule has 1 atom stereocenters. The minimum atomic E-state index is -3.19. The summed E-state index contributed by atoms with van der Waals surface area (Å²) in [6.07, 6.45) is 7.40. The standard InChI is InChI=1S/C19H30N2O2S/c1-16-9-11-17(12-10-16)19(21-13-5-2-6-14-21)15-20-24(22,23)18-7-3-4-8-18/h9-12,18-20H,2-8,13-15H2,1H3. The van der Waals surface area contributed by atoms with Crippen molar-refractivity contribution in [3.05, 3.63) is 35.4 Å². The minimum absolute atomic E-state index is 0.141. The van der Waals surface area contributed by atoms with E-state index in [2.05, 4.69) is 40.8 Å². The predicted molar refractivity (Wildman–Crippen MR) is 98.5 cm³/mol. The molecule has 1 aromatic carbocycles. The molecule has 4 nitrogen and oxygen atoms in total. The number of hydrogen-bond donors (Lipinski definition) is 1. The summed E-state index contributed by atoms with van der Waals surface area (Å²) in [5.74, 6) is 0. The topological polar surface area (TPSA) is 49.4 Å². The van der Waals surface area contributed by atoms with Crippen LogP contribution < -0.4 is 4.72 Å². The molecule has 1 N–H and O–H groups in total. The molecular weight excluding hydrogens is 320 g/mol. The molecule has 0 bridgehead atoms. The van der Waals surface area contributed by atoms with Gasteiger partial charge in [-0.1, -0.05) is 49.1 Å². The van der Waals surface area contributed by atoms with Crippen LogP contribution >= 0.6 is 0 Å². The van der Waals surface area contributed by atoms with E-state index in [-0.39, 0.29) is 11.3 Å². The van der Waals surface area contributed by atoms with Crippen LogP contribution in [0, 0.1) is 6.92 Å². The SMILES string of the molecule is Cc1ccc(C(CNS(=O)(=O)C2CCCC2)N2CCCCC2)cc1. The van der Waals surface area contributed by atoms with Gasteiger partial charge in [-0.15, -0.1) is 0 Å². The van der Waals surface area contributed by atoms with Crippen LogP contribution in [0.1, 0.15) is 62.1 Å². The van der Waals surface area contributed by atoms with E-state index in [1.807, 2.05) is 0 Å². The summed E-state index contributed by atoms with van der Waals surface area (Å²) in [5.41, 5.74) is 2.46. The maximum atomic E-state index is 12.6. The molecule has 1 aliphatic heterocycles. The maximum Gasteiger partial charge on any atom is 0.214 e. The lowest BCUT2D eigenvalue weighted by atomic mass is 10.0. The largest absolute Gasteiger partial charge is 0.295 e. The first kappa shape index (κ1) is 17.9. The van der Waals surface area contributed by atoms with Crippen LogP contribution in [0.15, 0.2) is 24.3 Å². The molecule has 134 valence electrons. The molecule has 3 rings (SSSR count). The monoisotopic (exact) mass is 350 g/mol. The fourth-order valence-electron chi connectivity index (χ4n) is 3.99. The molecule has 24 heavy (non-hydrogen) atoms. The van der Waals surface area contributed by atoms with Crippen molar-refractivity contribution in [3.8, 4) is 0 Å². The van der Waals surface area contributed by atoms with E-state index in [1.54, 1.807) is 0 Å². The Hall–Kier alpha value is -0.910. The Kier molecular flexibility index (Phi) is 5.95. The molecule has 0 spiro atoms. The summed E-state index contributed by atoms with van der Waals surface area (Å²) in [7, 11) is -3.19. The van der Waals surface area contributed by atoms with Gasteiger partial charge >= 0.3 is 0 Å². The van der Waals surface area contributed by atoms with Gasteiger partial charge in [0.25, 0.3) is 0 Å². The van der Waals surface area contributed by atoms with Crippen LogP contribution in [0.4, 0.5) is 0 Å². The summed E-state index contributed by atoms with van der Waals surface area (Å²) in [5, 5.41) is -0.183. The third kappa shape index (κ3) is 4.38. The van der Waals surface area contributed by atoms with Crippen LogP contribution in [0.25, 0.3) is 0 Å². The van der Waals surface area contributed by atoms with Crippen molar-refractivity contribution < 1.29 is 8.42 Å². The third-order valence-electron chi connectivity index (χ3n) is 5.51. The number of benzene rings is 1. The highest BCUT2D eigenvalue weighted by Gasteiger charge is 2.30. The van der Waals surface area contributed by atoms with Crippen molar-refractivity contribution in [2.45, 2.75) is 63.2 Å². The van der Waals surface area contributed by atoms with E-state index in [1.165, 1.54) is 30.4 Å². The van der Waals surface area contributed by atoms with Crippen molar-refractivity contribution in [2.24, 2.45) is 0 Å². The van der Waals surface area contributed by atoms with Crippen molar-refractivity contribution in [1.82, 2.24) is 9.62 Å². The lowest BCUT2D eigenvalue weighted by Crippen LogP contribution is -2.42. The van der Waals surface area contributed by atoms with Gasteiger partial charge in [-0.2, -0.15) is 0 Å². The highest BCUT2D eigenvalue weighted by atomic mass is 32.2. The van der Waals surface area contributed by atoms with Crippen molar-refractivity contribution >= 4 is 10.0 Å². The van der Waals surface area contributed by atoms with Crippen LogP contribution in [0.3, 0.4) is 0 Å². The van der Waals surface area contributed by atoms with Crippen LogP contribution in [0.2, 0.25) is 0 Å². The second-order valence-corrected chi connectivity index (χ2v) is 9.37. The molecule has 1 unspecified atom stereocenters. The Morgan fingerprint density at radius 3 is 2.29 bits per heavy atom. The molecular formula is C19H30N2O2S. The van der Waals surface area contributed by atoms with E-state index >= 15 is 0 Å². The zero-order chi connectivity index (χ0) is 17.0. The normalized spacial score (nSPS) is 21.9. The zero-order valence-electron chi connectivity index (χ0n) is 14.7. The lowest BCUT2D eigenvalue weighted by molar-refractivity contribution is 0.164. The zero-order valence-corrected chi connectivity index (χ0v) is 15.5. The van der Waals surface area contributed by atoms with Gasteiger partial charge < -0.3 is 0 Å². The Balaban J connectivity index is 1.73. The average Bonchev–Trinajstić information content (AvgIpc) is 3.13. The third-order valence-corrected chi connectivity index (χ3v) is 7.43. The Morgan fingerprint density at radius 1 is 1.04 bits per heavy atom. The molecule has 1 aromatic rings. The van der Waals surface area contributed by atoms with E-state index in [0.717, 1.165) is 38.8 Å². The van der Waals surface area contributed by atoms with Crippen molar-refractivity contribution in [3.63, 3.8) is 0 Å². The van der Waals surface area contributed by atoms with E-state index in [4.69, 9.17) is 0 Å². The van der Waals surface area contributed by atoms with Gasteiger partial charge in [0, 0.05) is 12.6 Å². The molecule has 1 saturated carbocycles. The first-order chi connectivity index (χ1) is 11.6. The first-order valence-electron chi connectivity index (χ1n) is 9.35. The van der Waals surface area contributed by atoms with Gasteiger partial charge in [0.2, 0.25) is 10.0 Å². The number of nitrogens with zero attached hydrogens (tertiary/aromatic N) is 1. The minimum Gasteiger partial charge on any atom is -0.295 e. The highest BCUT2D eigenvalue weighted by molar-refractivity contribution is 7.90. The van der Waals surface area contributed by atoms with Gasteiger partial charge in [-0.25, -0.2) is 13.1 Å². The van der Waals surface area contributed by atoms with Gasteiger partial charge in [-0.3, -0.25) is 4.90 Å². The molecule has 1 aliphatic carbocycles. The molecule has 2 aliphatic rings. The number of aryl methyl sites for hydroxylation is 1. The molecule has 0 amide bonds. The maximum absolute atomic E-state index is 12.6. The molecule has 1 heterocycles. The number of nitrogens with one attached hydrogen (secondary N) is 1. The van der Waals surface area contributed by atoms with Crippen LogP contribution in [0.5, 0.6) is 0 Å². The summed E-state index contributed by atoms with van der Waals surface area (Å²) in [6.45, 7) is 4.69. The first-order valence-corrected chi connectivity index (χ1v) is 10.9. The van der Waals surface area contributed by atoms with Crippen LogP contribution in [-0.2, 0) is 10.0 Å². The van der Waals surface area contributed by atoms with E-state index in [0.29, 0.717) is 6.54 Å². The quantitative estimate of drug-likeness (QED) is 0.855. The smallest absolute Gasteiger partial charge is 0.214 e. The molecule has 0 aromatic heterocycles. The number of likely N-dealkylation sites (tertiary alicyclic amines) is 1. The summed E-state index contributed by atoms with van der Waals surface area (Å²) >= 11 is 0. The molecule has 5 heteroatoms. The van der Waals surface area contributed by atoms with Crippen LogP contribution in [-0.4, -0.2) is 38.2 Å². The summed E-state index contributed by atoms with van der Waals surface area (Å²) < 4.78 is 28.1. The molecule has 2 fully saturated rings. The fourth-order valence-corrected chi connectivity index (χ4v) is 5.57. The van der Waals surface area contributed by atoms with Gasteiger partial charge in [0.15, 0.2) is 0 Å². The van der Waals surface area contributed by atoms with Gasteiger partial charge in [0.05, 0.1) is 5.25 Å². The van der Waals surface area contributed by atoms with Crippen molar-refractivity contribution in [1.29, 1.82) is 0 Å². The predicted octanol–water partition coefficient (Wildman–Crippen LogP) is 3.38. The molecule has 1 saturated heterocycles. The highest BCUT2D eigenvalue weighted by Crippen LogP contribution is 2.27. The Bertz CT molecular complexity index is 615. The van der Waals surface area contributed by atoms with Gasteiger partial charge in [-0.05, 0) is 51.3 Å². The van der Waals surface area contributed by atoms with E-state index < -0.39 is 10.0 Å². The summed E-state index contributed by atoms with van der Waals surface area (Å²) in [4.78, 5) is 2.45. The fraction of sp³-hybridized carbons (Fsp3) is 0.684. The Morgan fingerprint density at radius 2 is 1.67 bits per heavy atom. The number of hydrogen-bond acceptors (Lipinski definition) is 3. The van der Waals surface area contributed by atoms with E-state index in [9.17, 15) is 8.42 Å². The summed E-state index contributed by atoms with van der Waals surface area (Å²) in [6, 6.07) is 8.69. The van der Waals surface area contributed by atoms with Crippen molar-refractivity contribution in [2.75, 3.05) is 19.6 Å². The van der Waals surface area contributed by atoms with Gasteiger partial charge in [0.1, 0.15) is 0 Å². The second kappa shape index (κ2) is 7.98. The lowest BCUT2D eigenvalue weighted by Gasteiger charge is -2.35.